The fourth-order valence-corrected chi connectivity index (χ4v) is 2.85. The molecular weight excluding hydrogens is 361 g/mol. The Morgan fingerprint density at radius 1 is 1.10 bits per heavy atom. The molecule has 1 heterocycles. The first-order valence-corrected chi connectivity index (χ1v) is 7.38. The fraction of sp³-hybridized carbons (Fsp3) is 0. The van der Waals surface area contributed by atoms with Gasteiger partial charge in [0.05, 0.1) is 10.0 Å². The molecule has 0 aliphatic rings. The summed E-state index contributed by atoms with van der Waals surface area (Å²) in [6, 6.07) is 10.8. The summed E-state index contributed by atoms with van der Waals surface area (Å²) >= 11 is 15.5. The van der Waals surface area contributed by atoms with E-state index in [4.69, 9.17) is 23.2 Å². The third-order valence-electron chi connectivity index (χ3n) is 3.08. The zero-order chi connectivity index (χ0) is 14.3. The van der Waals surface area contributed by atoms with Crippen LogP contribution >= 0.6 is 39.1 Å². The van der Waals surface area contributed by atoms with Gasteiger partial charge < -0.3 is 4.98 Å². The summed E-state index contributed by atoms with van der Waals surface area (Å²) in [5.74, 6) is -0.151. The van der Waals surface area contributed by atoms with Crippen LogP contribution in [0.3, 0.4) is 0 Å². The predicted molar refractivity (Wildman–Crippen MR) is 85.9 cm³/mol. The van der Waals surface area contributed by atoms with Crippen molar-refractivity contribution >= 4 is 55.8 Å². The van der Waals surface area contributed by atoms with Gasteiger partial charge in [-0.25, -0.2) is 0 Å². The van der Waals surface area contributed by atoms with Crippen LogP contribution in [0.4, 0.5) is 0 Å². The van der Waals surface area contributed by atoms with Crippen molar-refractivity contribution in [3.05, 3.63) is 68.2 Å². The third-order valence-corrected chi connectivity index (χ3v) is 4.40. The Hall–Kier alpha value is -1.29. The minimum Gasteiger partial charge on any atom is -0.360 e. The molecule has 0 radical (unpaired) electrons. The summed E-state index contributed by atoms with van der Waals surface area (Å²) in [5.41, 5.74) is 1.88. The van der Waals surface area contributed by atoms with Crippen LogP contribution in [0, 0.1) is 0 Å². The maximum Gasteiger partial charge on any atom is 0.196 e. The van der Waals surface area contributed by atoms with Crippen LogP contribution in [0.5, 0.6) is 0 Å². The lowest BCUT2D eigenvalue weighted by molar-refractivity contribution is 0.104. The predicted octanol–water partition coefficient (Wildman–Crippen LogP) is 5.47. The summed E-state index contributed by atoms with van der Waals surface area (Å²) in [5, 5.41) is 1.50. The van der Waals surface area contributed by atoms with Gasteiger partial charge in [0.1, 0.15) is 0 Å². The monoisotopic (exact) mass is 367 g/mol. The Morgan fingerprint density at radius 3 is 2.70 bits per heavy atom. The molecule has 0 amide bonds. The maximum absolute atomic E-state index is 12.6. The summed E-state index contributed by atoms with van der Waals surface area (Å²) in [6.45, 7) is 0. The van der Waals surface area contributed by atoms with E-state index >= 15 is 0 Å². The van der Waals surface area contributed by atoms with Crippen molar-refractivity contribution in [2.24, 2.45) is 0 Å². The molecule has 0 aliphatic heterocycles. The molecule has 0 fully saturated rings. The van der Waals surface area contributed by atoms with E-state index in [1.54, 1.807) is 24.4 Å². The van der Waals surface area contributed by atoms with E-state index < -0.39 is 0 Å². The van der Waals surface area contributed by atoms with Crippen molar-refractivity contribution in [1.29, 1.82) is 0 Å². The molecule has 2 nitrogen and oxygen atoms in total. The number of aromatic amines is 1. The summed E-state index contributed by atoms with van der Waals surface area (Å²) in [4.78, 5) is 15.7. The highest BCUT2D eigenvalue weighted by Crippen LogP contribution is 2.30. The molecule has 5 heteroatoms. The summed E-state index contributed by atoms with van der Waals surface area (Å²) < 4.78 is 0.913. The Kier molecular flexibility index (Phi) is 3.59. The largest absolute Gasteiger partial charge is 0.360 e. The van der Waals surface area contributed by atoms with Gasteiger partial charge in [-0.05, 0) is 30.3 Å². The van der Waals surface area contributed by atoms with Gasteiger partial charge >= 0.3 is 0 Å². The minimum absolute atomic E-state index is 0.151. The maximum atomic E-state index is 12.6. The number of carbonyl (C=O) groups excluding carboxylic acids is 1. The smallest absolute Gasteiger partial charge is 0.196 e. The number of benzene rings is 2. The highest BCUT2D eigenvalue weighted by Gasteiger charge is 2.18. The highest BCUT2D eigenvalue weighted by atomic mass is 79.9. The van der Waals surface area contributed by atoms with Crippen molar-refractivity contribution < 1.29 is 4.79 Å². The minimum atomic E-state index is -0.151. The van der Waals surface area contributed by atoms with E-state index in [1.165, 1.54) is 0 Å². The molecule has 2 aromatic carbocycles. The SMILES string of the molecule is O=C(c1cccc(Cl)c1Cl)c1c[nH]c2ccc(Br)cc12. The zero-order valence-electron chi connectivity index (χ0n) is 10.1. The van der Waals surface area contributed by atoms with Gasteiger partial charge in [-0.2, -0.15) is 0 Å². The van der Waals surface area contributed by atoms with Crippen LogP contribution in [0.1, 0.15) is 15.9 Å². The number of nitrogens with one attached hydrogen (secondary N) is 1. The molecule has 1 N–H and O–H groups in total. The standard InChI is InChI=1S/C15H8BrCl2NO/c16-8-4-5-13-10(6-8)11(7-19-13)15(20)9-2-1-3-12(17)14(9)18/h1-7,19H. The van der Waals surface area contributed by atoms with E-state index in [9.17, 15) is 4.79 Å². The van der Waals surface area contributed by atoms with Crippen molar-refractivity contribution in [3.63, 3.8) is 0 Å². The van der Waals surface area contributed by atoms with E-state index in [0.29, 0.717) is 16.1 Å². The van der Waals surface area contributed by atoms with Gasteiger partial charge in [-0.3, -0.25) is 4.79 Å². The van der Waals surface area contributed by atoms with Gasteiger partial charge in [0.25, 0.3) is 0 Å². The van der Waals surface area contributed by atoms with Crippen molar-refractivity contribution in [2.45, 2.75) is 0 Å². The normalized spacial score (nSPS) is 10.9. The molecule has 3 rings (SSSR count). The number of halogens is 3. The molecule has 0 aliphatic carbocycles. The lowest BCUT2D eigenvalue weighted by Gasteiger charge is -2.04. The quantitative estimate of drug-likeness (QED) is 0.598. The number of fused-ring (bicyclic) bond motifs is 1. The van der Waals surface area contributed by atoms with Crippen LogP contribution in [-0.2, 0) is 0 Å². The number of rotatable bonds is 2. The molecule has 0 atom stereocenters. The van der Waals surface area contributed by atoms with Crippen LogP contribution in [-0.4, -0.2) is 10.8 Å². The average Bonchev–Trinajstić information content (AvgIpc) is 2.84. The van der Waals surface area contributed by atoms with Crippen LogP contribution in [0.25, 0.3) is 10.9 Å². The number of aromatic nitrogens is 1. The molecule has 0 spiro atoms. The average molecular weight is 369 g/mol. The van der Waals surface area contributed by atoms with Gasteiger partial charge in [-0.1, -0.05) is 45.2 Å². The molecule has 0 unspecified atom stereocenters. The number of hydrogen-bond acceptors (Lipinski definition) is 1. The fourth-order valence-electron chi connectivity index (χ4n) is 2.10. The van der Waals surface area contributed by atoms with Crippen LogP contribution in [0.15, 0.2) is 47.1 Å². The second-order valence-corrected chi connectivity index (χ2v) is 6.02. The summed E-state index contributed by atoms with van der Waals surface area (Å²) in [6.07, 6.45) is 1.69. The van der Waals surface area contributed by atoms with E-state index in [2.05, 4.69) is 20.9 Å². The summed E-state index contributed by atoms with van der Waals surface area (Å²) in [7, 11) is 0. The number of hydrogen-bond donors (Lipinski definition) is 1. The number of ketones is 1. The zero-order valence-corrected chi connectivity index (χ0v) is 13.2. The Bertz CT molecular complexity index is 826. The van der Waals surface area contributed by atoms with E-state index in [0.717, 1.165) is 15.4 Å². The molecule has 0 saturated carbocycles. The highest BCUT2D eigenvalue weighted by molar-refractivity contribution is 9.10. The molecule has 20 heavy (non-hydrogen) atoms. The van der Waals surface area contributed by atoms with Crippen molar-refractivity contribution in [2.75, 3.05) is 0 Å². The van der Waals surface area contributed by atoms with Crippen LogP contribution in [0.2, 0.25) is 10.0 Å². The Balaban J connectivity index is 2.18. The number of H-pyrrole nitrogens is 1. The first-order chi connectivity index (χ1) is 9.58. The molecule has 0 saturated heterocycles. The molecule has 1 aromatic heterocycles. The number of carbonyl (C=O) groups is 1. The molecule has 0 bridgehead atoms. The third kappa shape index (κ3) is 2.26. The lowest BCUT2D eigenvalue weighted by atomic mass is 10.0. The second-order valence-electron chi connectivity index (χ2n) is 4.32. The Morgan fingerprint density at radius 2 is 1.90 bits per heavy atom. The van der Waals surface area contributed by atoms with Crippen molar-refractivity contribution in [3.8, 4) is 0 Å². The first kappa shape index (κ1) is 13.7. The van der Waals surface area contributed by atoms with Crippen molar-refractivity contribution in [1.82, 2.24) is 4.98 Å². The van der Waals surface area contributed by atoms with Gasteiger partial charge in [0.2, 0.25) is 0 Å². The Labute approximate surface area is 133 Å². The molecule has 3 aromatic rings. The topological polar surface area (TPSA) is 32.9 Å². The van der Waals surface area contributed by atoms with E-state index in [1.807, 2.05) is 18.2 Å². The van der Waals surface area contributed by atoms with E-state index in [-0.39, 0.29) is 10.8 Å². The van der Waals surface area contributed by atoms with Crippen LogP contribution < -0.4 is 0 Å². The molecule has 100 valence electrons. The van der Waals surface area contributed by atoms with Gasteiger partial charge in [0, 0.05) is 32.7 Å². The van der Waals surface area contributed by atoms with Gasteiger partial charge in [0.15, 0.2) is 5.78 Å². The van der Waals surface area contributed by atoms with Gasteiger partial charge in [-0.15, -0.1) is 0 Å². The lowest BCUT2D eigenvalue weighted by Crippen LogP contribution is -2.01. The first-order valence-electron chi connectivity index (χ1n) is 5.83. The molecular formula is C15H8BrCl2NO. The second kappa shape index (κ2) is 5.24.